The van der Waals surface area contributed by atoms with E-state index in [4.69, 9.17) is 25.8 Å². The maximum Gasteiger partial charge on any atom is 0.340 e. The Balaban J connectivity index is 1.15. The summed E-state index contributed by atoms with van der Waals surface area (Å²) in [7, 11) is -2.68. The minimum atomic E-state index is -2.77. The van der Waals surface area contributed by atoms with Crippen molar-refractivity contribution in [3.63, 3.8) is 0 Å². The molecule has 7 rings (SSSR count). The molecule has 1 amide bonds. The Morgan fingerprint density at radius 1 is 0.774 bits per heavy atom. The summed E-state index contributed by atoms with van der Waals surface area (Å²) in [5, 5.41) is 4.65. The number of ether oxygens (including phenoxy) is 3. The number of fused-ring (bicyclic) bond motifs is 6. The molecule has 0 atom stereocenters. The van der Waals surface area contributed by atoms with Crippen molar-refractivity contribution in [1.82, 2.24) is 5.32 Å². The Morgan fingerprint density at radius 2 is 1.34 bits per heavy atom. The average molecular weight is 774 g/mol. The quantitative estimate of drug-likeness (QED) is 0.0693. The van der Waals surface area contributed by atoms with E-state index in [9.17, 15) is 27.2 Å². The number of rotatable bonds is 15. The maximum atomic E-state index is 13.9. The molecule has 0 aromatic heterocycles. The van der Waals surface area contributed by atoms with E-state index in [1.54, 1.807) is 40.1 Å². The monoisotopic (exact) mass is 773 g/mol. The van der Waals surface area contributed by atoms with E-state index < -0.39 is 57.7 Å². The second-order valence-corrected chi connectivity index (χ2v) is 19.6. The first-order chi connectivity index (χ1) is 25.3. The van der Waals surface area contributed by atoms with Crippen molar-refractivity contribution in [2.24, 2.45) is 0 Å². The van der Waals surface area contributed by atoms with Gasteiger partial charge in [0.1, 0.15) is 8.07 Å². The summed E-state index contributed by atoms with van der Waals surface area (Å²) in [6.45, 7) is 4.76. The largest absolute Gasteiger partial charge is 0.441 e. The van der Waals surface area contributed by atoms with Crippen LogP contribution in [0.3, 0.4) is 0 Å². The van der Waals surface area contributed by atoms with E-state index in [1.165, 1.54) is 0 Å². The smallest absolute Gasteiger partial charge is 0.340 e. The summed E-state index contributed by atoms with van der Waals surface area (Å²) >= 11 is 5.70. The predicted octanol–water partition coefficient (Wildman–Crippen LogP) is 5.76. The van der Waals surface area contributed by atoms with Gasteiger partial charge in [-0.3, -0.25) is 4.79 Å². The number of amides is 1. The van der Waals surface area contributed by atoms with Gasteiger partial charge >= 0.3 is 5.97 Å². The summed E-state index contributed by atoms with van der Waals surface area (Å²) in [5.41, 5.74) is 2.35. The number of alkyl halides is 5. The van der Waals surface area contributed by atoms with E-state index in [2.05, 4.69) is 18.4 Å². The molecule has 0 aliphatic carbocycles. The molecule has 0 saturated carbocycles. The lowest BCUT2D eigenvalue weighted by Gasteiger charge is -2.46. The Bertz CT molecular complexity index is 1800. The first kappa shape index (κ1) is 37.7. The van der Waals surface area contributed by atoms with Crippen LogP contribution in [0, 0.1) is 0 Å². The van der Waals surface area contributed by atoms with E-state index >= 15 is 0 Å². The van der Waals surface area contributed by atoms with Crippen LogP contribution in [0.15, 0.2) is 54.6 Å². The summed E-state index contributed by atoms with van der Waals surface area (Å²) in [4.78, 5) is 30.4. The summed E-state index contributed by atoms with van der Waals surface area (Å²) in [6, 6.07) is 15.9. The zero-order valence-corrected chi connectivity index (χ0v) is 31.7. The van der Waals surface area contributed by atoms with Gasteiger partial charge < -0.3 is 29.3 Å². The highest BCUT2D eigenvalue weighted by atomic mass is 35.5. The van der Waals surface area contributed by atoms with Crippen molar-refractivity contribution < 1.29 is 41.4 Å². The third kappa shape index (κ3) is 7.17. The van der Waals surface area contributed by atoms with Crippen molar-refractivity contribution in [2.45, 2.75) is 56.2 Å². The topological polar surface area (TPSA) is 80.3 Å². The molecule has 0 bridgehead atoms. The fourth-order valence-corrected chi connectivity index (χ4v) is 11.3. The number of halogens is 5. The molecule has 2 saturated heterocycles. The SMILES string of the molecule is C[Si]1(C)c2cc(N3CC(F)(F)C3)ccc2C2(OC(=O)c3ccc(C(=O)NCCOCCOCCCCCCCl)cc32)c2ccc(N3CC(F)(F)C3)cc21. The van der Waals surface area contributed by atoms with E-state index in [0.717, 1.165) is 36.1 Å². The number of hydrogen-bond donors (Lipinski definition) is 1. The molecule has 1 spiro atoms. The number of hydrogen-bond acceptors (Lipinski definition) is 7. The van der Waals surface area contributed by atoms with Crippen LogP contribution in [-0.2, 0) is 19.8 Å². The van der Waals surface area contributed by atoms with Gasteiger partial charge in [0.2, 0.25) is 0 Å². The van der Waals surface area contributed by atoms with Crippen LogP contribution in [0.4, 0.5) is 28.9 Å². The number of unbranched alkanes of at least 4 members (excludes halogenated alkanes) is 3. The van der Waals surface area contributed by atoms with Gasteiger partial charge in [0.25, 0.3) is 17.8 Å². The second-order valence-electron chi connectivity index (χ2n) is 14.9. The summed E-state index contributed by atoms with van der Waals surface area (Å²) < 4.78 is 73.4. The lowest BCUT2D eigenvalue weighted by molar-refractivity contribution is -0.0268. The molecule has 14 heteroatoms. The average Bonchev–Trinajstić information content (AvgIpc) is 3.40. The number of nitrogens with zero attached hydrogens (tertiary/aromatic N) is 2. The molecule has 0 radical (unpaired) electrons. The molecule has 3 aromatic carbocycles. The fourth-order valence-electron chi connectivity index (χ4n) is 7.90. The standard InChI is InChI=1S/C39H44ClF4N3O5Si/c1-53(2)33-20-27(46-22-37(41,42)23-46)8-11-30(33)39(31-12-9-28(21-34(31)53)47-24-38(43,44)25-47)32-19-26(7-10-29(32)36(49)52-39)35(48)45-14-16-51-18-17-50-15-6-4-3-5-13-40/h7-12,19-21H,3-6,13-18,22-25H2,1-2H3,(H,45,48). The molecular weight excluding hydrogens is 730 g/mol. The second kappa shape index (κ2) is 14.5. The summed E-state index contributed by atoms with van der Waals surface area (Å²) in [6.07, 6.45) is 4.16. The lowest BCUT2D eigenvalue weighted by atomic mass is 9.78. The zero-order valence-electron chi connectivity index (χ0n) is 29.9. The Hall–Kier alpha value is -3.65. The number of nitrogens with one attached hydrogen (secondary N) is 1. The minimum absolute atomic E-state index is 0.261. The van der Waals surface area contributed by atoms with Crippen LogP contribution < -0.4 is 25.5 Å². The van der Waals surface area contributed by atoms with Gasteiger partial charge in [-0.25, -0.2) is 22.4 Å². The van der Waals surface area contributed by atoms with Crippen molar-refractivity contribution >= 4 is 53.3 Å². The third-order valence-corrected chi connectivity index (χ3v) is 14.5. The van der Waals surface area contributed by atoms with Crippen molar-refractivity contribution in [2.75, 3.05) is 74.8 Å². The molecule has 2 fully saturated rings. The predicted molar refractivity (Wildman–Crippen MR) is 199 cm³/mol. The molecule has 3 aromatic rings. The van der Waals surface area contributed by atoms with Crippen LogP contribution in [-0.4, -0.2) is 96.8 Å². The lowest BCUT2D eigenvalue weighted by Crippen LogP contribution is -2.64. The molecule has 4 heterocycles. The van der Waals surface area contributed by atoms with Gasteiger partial charge in [-0.15, -0.1) is 11.6 Å². The van der Waals surface area contributed by atoms with Crippen LogP contribution >= 0.6 is 11.6 Å². The van der Waals surface area contributed by atoms with Crippen LogP contribution in [0.1, 0.15) is 63.1 Å². The molecule has 284 valence electrons. The Morgan fingerprint density at radius 3 is 1.91 bits per heavy atom. The van der Waals surface area contributed by atoms with E-state index in [0.29, 0.717) is 71.5 Å². The molecule has 4 aliphatic heterocycles. The fraction of sp³-hybridized carbons (Fsp3) is 0.487. The zero-order chi connectivity index (χ0) is 37.6. The Labute approximate surface area is 312 Å². The molecule has 53 heavy (non-hydrogen) atoms. The molecule has 1 N–H and O–H groups in total. The van der Waals surface area contributed by atoms with Crippen LogP contribution in [0.25, 0.3) is 0 Å². The number of carbonyl (C=O) groups excluding carboxylic acids is 2. The van der Waals surface area contributed by atoms with Crippen molar-refractivity contribution in [3.8, 4) is 0 Å². The molecule has 8 nitrogen and oxygen atoms in total. The normalized spacial score (nSPS) is 19.5. The first-order valence-corrected chi connectivity index (χ1v) is 21.7. The van der Waals surface area contributed by atoms with Crippen molar-refractivity contribution in [3.05, 3.63) is 82.4 Å². The Kier molecular flexibility index (Phi) is 10.3. The number of benzene rings is 3. The molecule has 4 aliphatic rings. The minimum Gasteiger partial charge on any atom is -0.441 e. The highest BCUT2D eigenvalue weighted by Crippen LogP contribution is 2.50. The van der Waals surface area contributed by atoms with E-state index in [1.807, 2.05) is 24.3 Å². The van der Waals surface area contributed by atoms with Gasteiger partial charge in [-0.2, -0.15) is 0 Å². The number of esters is 1. The van der Waals surface area contributed by atoms with Gasteiger partial charge in [0.05, 0.1) is 51.6 Å². The van der Waals surface area contributed by atoms with Crippen LogP contribution in [0.2, 0.25) is 13.1 Å². The molecular formula is C39H44ClF4N3O5Si. The molecule has 0 unspecified atom stereocenters. The number of carbonyl (C=O) groups is 2. The first-order valence-electron chi connectivity index (χ1n) is 18.2. The van der Waals surface area contributed by atoms with E-state index in [-0.39, 0.29) is 12.5 Å². The maximum absolute atomic E-state index is 13.9. The number of anilines is 2. The van der Waals surface area contributed by atoms with Gasteiger partial charge in [0, 0.05) is 52.7 Å². The highest BCUT2D eigenvalue weighted by Gasteiger charge is 2.57. The van der Waals surface area contributed by atoms with Gasteiger partial charge in [-0.1, -0.05) is 38.1 Å². The third-order valence-electron chi connectivity index (χ3n) is 10.7. The highest BCUT2D eigenvalue weighted by molar-refractivity contribution is 7.01. The van der Waals surface area contributed by atoms with Crippen molar-refractivity contribution in [1.29, 1.82) is 0 Å². The van der Waals surface area contributed by atoms with Gasteiger partial charge in [-0.05, 0) is 65.7 Å². The summed E-state index contributed by atoms with van der Waals surface area (Å²) in [5.74, 6) is -5.78. The van der Waals surface area contributed by atoms with Gasteiger partial charge in [0.15, 0.2) is 5.60 Å². The van der Waals surface area contributed by atoms with Crippen LogP contribution in [0.5, 0.6) is 0 Å².